The fraction of sp³-hybridized carbons (Fsp3) is 0.250. The minimum absolute atomic E-state index is 0.0296. The van der Waals surface area contributed by atoms with Crippen molar-refractivity contribution in [2.45, 2.75) is 39.4 Å². The minimum Gasteiger partial charge on any atom is -0.295 e. The Bertz CT molecular complexity index is 1200. The van der Waals surface area contributed by atoms with Gasteiger partial charge in [0.15, 0.2) is 10.9 Å². The molecule has 0 N–H and O–H groups in total. The van der Waals surface area contributed by atoms with E-state index in [9.17, 15) is 22.8 Å². The number of benzene rings is 2. The molecule has 0 spiro atoms. The van der Waals surface area contributed by atoms with E-state index in [1.807, 2.05) is 6.07 Å². The number of alkyl halides is 3. The smallest absolute Gasteiger partial charge is 0.295 e. The summed E-state index contributed by atoms with van der Waals surface area (Å²) in [7, 11) is 0. The molecule has 2 aromatic rings. The van der Waals surface area contributed by atoms with Crippen molar-refractivity contribution in [1.82, 2.24) is 4.90 Å². The summed E-state index contributed by atoms with van der Waals surface area (Å²) in [6.07, 6.45) is -4.51. The Morgan fingerprint density at radius 2 is 1.79 bits per heavy atom. The molecule has 1 aliphatic rings. The van der Waals surface area contributed by atoms with E-state index < -0.39 is 23.7 Å². The minimum atomic E-state index is -4.57. The highest BCUT2D eigenvalue weighted by atomic mass is 32.1. The highest BCUT2D eigenvalue weighted by molar-refractivity contribution is 7.80. The number of halogens is 3. The van der Waals surface area contributed by atoms with Crippen LogP contribution < -0.4 is 4.90 Å². The molecule has 1 atom stereocenters. The third-order valence-electron chi connectivity index (χ3n) is 5.39. The van der Waals surface area contributed by atoms with Gasteiger partial charge in [-0.3, -0.25) is 19.4 Å². The summed E-state index contributed by atoms with van der Waals surface area (Å²) in [6, 6.07) is 12.1. The van der Waals surface area contributed by atoms with Crippen molar-refractivity contribution in [3.63, 3.8) is 0 Å². The van der Waals surface area contributed by atoms with Gasteiger partial charge >= 0.3 is 6.18 Å². The van der Waals surface area contributed by atoms with Crippen LogP contribution in [0, 0.1) is 11.3 Å². The number of thiocarbonyl (C=S) groups is 1. The maximum Gasteiger partial charge on any atom is 0.416 e. The van der Waals surface area contributed by atoms with Crippen molar-refractivity contribution in [2.24, 2.45) is 0 Å². The lowest BCUT2D eigenvalue weighted by atomic mass is 9.90. The molecule has 0 aliphatic carbocycles. The van der Waals surface area contributed by atoms with Crippen LogP contribution in [0.15, 0.2) is 59.8 Å². The topological polar surface area (TPSA) is 64.4 Å². The van der Waals surface area contributed by atoms with Crippen molar-refractivity contribution >= 4 is 34.7 Å². The van der Waals surface area contributed by atoms with Gasteiger partial charge < -0.3 is 0 Å². The molecule has 1 amide bonds. The number of amides is 1. The Kier molecular flexibility index (Phi) is 6.70. The fourth-order valence-electron chi connectivity index (χ4n) is 3.86. The largest absolute Gasteiger partial charge is 0.416 e. The summed E-state index contributed by atoms with van der Waals surface area (Å²) in [5, 5.41) is 9.07. The van der Waals surface area contributed by atoms with Gasteiger partial charge in [0.2, 0.25) is 5.91 Å². The summed E-state index contributed by atoms with van der Waals surface area (Å²) in [6.45, 7) is 4.56. The second-order valence-corrected chi connectivity index (χ2v) is 7.84. The normalized spacial score (nSPS) is 16.6. The molecule has 33 heavy (non-hydrogen) atoms. The maximum atomic E-state index is 13.3. The second kappa shape index (κ2) is 9.16. The first kappa shape index (κ1) is 24.1. The van der Waals surface area contributed by atoms with Gasteiger partial charge in [0.1, 0.15) is 0 Å². The molecular formula is C24H20F3N3O2S. The lowest BCUT2D eigenvalue weighted by molar-refractivity contribution is -0.137. The quantitative estimate of drug-likeness (QED) is 0.549. The summed E-state index contributed by atoms with van der Waals surface area (Å²) in [5.41, 5.74) is 0.752. The molecule has 0 saturated heterocycles. The predicted molar refractivity (Wildman–Crippen MR) is 121 cm³/mol. The van der Waals surface area contributed by atoms with Crippen LogP contribution >= 0.6 is 12.2 Å². The molecule has 0 fully saturated rings. The van der Waals surface area contributed by atoms with Gasteiger partial charge in [-0.25, -0.2) is 0 Å². The van der Waals surface area contributed by atoms with Gasteiger partial charge in [-0.05, 0) is 62.0 Å². The van der Waals surface area contributed by atoms with E-state index in [1.165, 1.54) is 28.9 Å². The Labute approximate surface area is 194 Å². The third-order valence-corrected chi connectivity index (χ3v) is 5.77. The van der Waals surface area contributed by atoms with Crippen LogP contribution in [0.2, 0.25) is 0 Å². The van der Waals surface area contributed by atoms with Crippen LogP contribution in [-0.4, -0.2) is 21.7 Å². The molecular weight excluding hydrogens is 451 g/mol. The van der Waals surface area contributed by atoms with Crippen LogP contribution in [0.4, 0.5) is 18.9 Å². The van der Waals surface area contributed by atoms with Gasteiger partial charge in [0.05, 0.1) is 23.2 Å². The Morgan fingerprint density at radius 1 is 1.15 bits per heavy atom. The first-order valence-corrected chi connectivity index (χ1v) is 10.5. The van der Waals surface area contributed by atoms with Crippen molar-refractivity contribution in [2.75, 3.05) is 4.90 Å². The number of hydrogen-bond donors (Lipinski definition) is 0. The zero-order valence-electron chi connectivity index (χ0n) is 18.1. The lowest BCUT2D eigenvalue weighted by Crippen LogP contribution is -2.52. The number of anilines is 1. The molecule has 2 aromatic carbocycles. The standard InChI is InChI=1S/C24H20F3N3O2S/c1-4-20(32)30-22(17-10-8-16(13-28)9-11-17)21(15(3)31)14(2)29(23(30)33)19-7-5-6-18(12-19)24(25,26)27/h5-12,22H,4H2,1-3H3. The predicted octanol–water partition coefficient (Wildman–Crippen LogP) is 5.52. The highest BCUT2D eigenvalue weighted by Gasteiger charge is 2.42. The van der Waals surface area contributed by atoms with E-state index in [0.717, 1.165) is 12.1 Å². The Balaban J connectivity index is 2.27. The number of carbonyl (C=O) groups is 2. The summed E-state index contributed by atoms with van der Waals surface area (Å²) in [5.74, 6) is -0.743. The van der Waals surface area contributed by atoms with Gasteiger partial charge in [0, 0.05) is 23.4 Å². The molecule has 1 heterocycles. The average Bonchev–Trinajstić information content (AvgIpc) is 2.77. The van der Waals surface area contributed by atoms with Gasteiger partial charge in [-0.15, -0.1) is 0 Å². The van der Waals surface area contributed by atoms with Crippen molar-refractivity contribution < 1.29 is 22.8 Å². The van der Waals surface area contributed by atoms with E-state index >= 15 is 0 Å². The van der Waals surface area contributed by atoms with Crippen LogP contribution in [0.1, 0.15) is 49.9 Å². The maximum absolute atomic E-state index is 13.3. The molecule has 9 heteroatoms. The zero-order chi connectivity index (χ0) is 24.5. The van der Waals surface area contributed by atoms with Crippen molar-refractivity contribution in [3.05, 3.63) is 76.5 Å². The van der Waals surface area contributed by atoms with E-state index in [-0.39, 0.29) is 28.6 Å². The Morgan fingerprint density at radius 3 is 2.30 bits per heavy atom. The van der Waals surface area contributed by atoms with E-state index in [0.29, 0.717) is 16.8 Å². The molecule has 0 bridgehead atoms. The number of carbonyl (C=O) groups excluding carboxylic acids is 2. The zero-order valence-corrected chi connectivity index (χ0v) is 18.9. The number of Topliss-reactive ketones (excluding diaryl/α,β-unsaturated/α-hetero) is 1. The van der Waals surface area contributed by atoms with Gasteiger partial charge in [-0.1, -0.05) is 25.1 Å². The lowest BCUT2D eigenvalue weighted by Gasteiger charge is -2.44. The van der Waals surface area contributed by atoms with Crippen LogP contribution in [-0.2, 0) is 15.8 Å². The first-order chi connectivity index (χ1) is 15.5. The molecule has 3 rings (SSSR count). The molecule has 0 radical (unpaired) electrons. The molecule has 1 aliphatic heterocycles. The van der Waals surface area contributed by atoms with E-state index in [1.54, 1.807) is 38.1 Å². The first-order valence-electron chi connectivity index (χ1n) is 10.1. The van der Waals surface area contributed by atoms with Crippen LogP contribution in [0.5, 0.6) is 0 Å². The summed E-state index contributed by atoms with van der Waals surface area (Å²) in [4.78, 5) is 28.4. The number of rotatable bonds is 4. The number of ketones is 1. The molecule has 170 valence electrons. The van der Waals surface area contributed by atoms with Crippen molar-refractivity contribution in [3.8, 4) is 6.07 Å². The Hall–Kier alpha value is -3.51. The monoisotopic (exact) mass is 471 g/mol. The van der Waals surface area contributed by atoms with Crippen molar-refractivity contribution in [1.29, 1.82) is 5.26 Å². The number of nitriles is 1. The molecule has 0 saturated carbocycles. The van der Waals surface area contributed by atoms with Gasteiger partial charge in [0.25, 0.3) is 0 Å². The average molecular weight is 472 g/mol. The molecule has 0 aromatic heterocycles. The van der Waals surface area contributed by atoms with Crippen LogP contribution in [0.3, 0.4) is 0 Å². The number of nitrogens with zero attached hydrogens (tertiary/aromatic N) is 3. The summed E-state index contributed by atoms with van der Waals surface area (Å²) >= 11 is 5.60. The van der Waals surface area contributed by atoms with E-state index in [4.69, 9.17) is 17.5 Å². The van der Waals surface area contributed by atoms with Crippen LogP contribution in [0.25, 0.3) is 0 Å². The SMILES string of the molecule is CCC(=O)N1C(=S)N(c2cccc(C(F)(F)F)c2)C(C)=C(C(C)=O)C1c1ccc(C#N)cc1. The van der Waals surface area contributed by atoms with E-state index in [2.05, 4.69) is 0 Å². The second-order valence-electron chi connectivity index (χ2n) is 7.47. The fourth-order valence-corrected chi connectivity index (χ4v) is 4.31. The molecule has 5 nitrogen and oxygen atoms in total. The summed E-state index contributed by atoms with van der Waals surface area (Å²) < 4.78 is 40.0. The number of allylic oxidation sites excluding steroid dienone is 1. The highest BCUT2D eigenvalue weighted by Crippen LogP contribution is 2.41. The molecule has 1 unspecified atom stereocenters. The third kappa shape index (κ3) is 4.52. The number of hydrogen-bond acceptors (Lipinski definition) is 4. The van der Waals surface area contributed by atoms with Gasteiger partial charge in [-0.2, -0.15) is 18.4 Å².